The van der Waals surface area contributed by atoms with Gasteiger partial charge in [-0.1, -0.05) is 0 Å². The van der Waals surface area contributed by atoms with Crippen LogP contribution >= 0.6 is 0 Å². The molecule has 0 unspecified atom stereocenters. The van der Waals surface area contributed by atoms with Gasteiger partial charge in [0.05, 0.1) is 17.8 Å². The molecule has 0 amide bonds. The molecule has 1 aliphatic heterocycles. The highest BCUT2D eigenvalue weighted by Gasteiger charge is 2.27. The van der Waals surface area contributed by atoms with E-state index in [1.807, 2.05) is 6.07 Å². The van der Waals surface area contributed by atoms with E-state index in [1.165, 1.54) is 0 Å². The van der Waals surface area contributed by atoms with Crippen LogP contribution in [0.4, 0.5) is 5.82 Å². The van der Waals surface area contributed by atoms with E-state index in [2.05, 4.69) is 29.8 Å². The molecule has 2 heterocycles. The Labute approximate surface area is 95.5 Å². The van der Waals surface area contributed by atoms with Crippen molar-refractivity contribution < 1.29 is 4.74 Å². The summed E-state index contributed by atoms with van der Waals surface area (Å²) in [6.07, 6.45) is 1.61. The molecule has 1 fully saturated rings. The number of hydrogen-bond donors (Lipinski definition) is 0. The first-order chi connectivity index (χ1) is 7.61. The molecular formula is C12H15N3O. The van der Waals surface area contributed by atoms with E-state index in [-0.39, 0.29) is 5.60 Å². The topological polar surface area (TPSA) is 49.2 Å². The zero-order valence-electron chi connectivity index (χ0n) is 9.60. The van der Waals surface area contributed by atoms with E-state index in [0.29, 0.717) is 12.2 Å². The lowest BCUT2D eigenvalue weighted by Crippen LogP contribution is -2.48. The largest absolute Gasteiger partial charge is 0.372 e. The average molecular weight is 217 g/mol. The van der Waals surface area contributed by atoms with Gasteiger partial charge in [0.25, 0.3) is 0 Å². The average Bonchev–Trinajstić information content (AvgIpc) is 2.28. The second kappa shape index (κ2) is 4.11. The van der Waals surface area contributed by atoms with Crippen LogP contribution < -0.4 is 4.90 Å². The number of ether oxygens (including phenoxy) is 1. The quantitative estimate of drug-likeness (QED) is 0.716. The lowest BCUT2D eigenvalue weighted by atomic mass is 10.1. The van der Waals surface area contributed by atoms with Crippen LogP contribution in [0.25, 0.3) is 0 Å². The van der Waals surface area contributed by atoms with Crippen LogP contribution in [0, 0.1) is 11.3 Å². The van der Waals surface area contributed by atoms with Crippen LogP contribution in [0.1, 0.15) is 19.4 Å². The first-order valence-corrected chi connectivity index (χ1v) is 5.36. The number of morpholine rings is 1. The minimum atomic E-state index is -0.131. The van der Waals surface area contributed by atoms with Gasteiger partial charge in [0.2, 0.25) is 0 Å². The van der Waals surface area contributed by atoms with E-state index < -0.39 is 0 Å². The van der Waals surface area contributed by atoms with E-state index in [1.54, 1.807) is 12.3 Å². The van der Waals surface area contributed by atoms with Crippen molar-refractivity contribution in [1.29, 1.82) is 5.26 Å². The van der Waals surface area contributed by atoms with Gasteiger partial charge >= 0.3 is 0 Å². The van der Waals surface area contributed by atoms with Gasteiger partial charge in [-0.3, -0.25) is 0 Å². The molecule has 1 saturated heterocycles. The van der Waals surface area contributed by atoms with E-state index >= 15 is 0 Å². The lowest BCUT2D eigenvalue weighted by molar-refractivity contribution is -0.0279. The molecule has 0 aromatic carbocycles. The fourth-order valence-electron chi connectivity index (χ4n) is 1.85. The predicted octanol–water partition coefficient (Wildman–Crippen LogP) is 1.57. The van der Waals surface area contributed by atoms with Crippen molar-refractivity contribution in [1.82, 2.24) is 4.98 Å². The maximum absolute atomic E-state index is 8.70. The van der Waals surface area contributed by atoms with Gasteiger partial charge < -0.3 is 9.64 Å². The highest BCUT2D eigenvalue weighted by atomic mass is 16.5. The molecule has 0 spiro atoms. The molecule has 0 radical (unpaired) electrons. The second-order valence-corrected chi connectivity index (χ2v) is 4.55. The summed E-state index contributed by atoms with van der Waals surface area (Å²) in [5.74, 6) is 0.912. The number of hydrogen-bond acceptors (Lipinski definition) is 4. The molecule has 0 saturated carbocycles. The molecule has 0 N–H and O–H groups in total. The zero-order valence-corrected chi connectivity index (χ0v) is 9.60. The second-order valence-electron chi connectivity index (χ2n) is 4.55. The molecule has 4 heteroatoms. The van der Waals surface area contributed by atoms with Crippen LogP contribution in [0.15, 0.2) is 18.3 Å². The fourth-order valence-corrected chi connectivity index (χ4v) is 1.85. The summed E-state index contributed by atoms with van der Waals surface area (Å²) in [7, 11) is 0. The van der Waals surface area contributed by atoms with E-state index in [0.717, 1.165) is 18.9 Å². The summed E-state index contributed by atoms with van der Waals surface area (Å²) in [5, 5.41) is 8.70. The van der Waals surface area contributed by atoms with Crippen LogP contribution in [-0.2, 0) is 4.74 Å². The third-order valence-electron chi connectivity index (χ3n) is 2.63. The van der Waals surface area contributed by atoms with E-state index in [4.69, 9.17) is 10.00 Å². The minimum absolute atomic E-state index is 0.131. The number of nitriles is 1. The van der Waals surface area contributed by atoms with Gasteiger partial charge in [0.15, 0.2) is 0 Å². The molecule has 0 aliphatic carbocycles. The summed E-state index contributed by atoms with van der Waals surface area (Å²) in [6.45, 7) is 6.54. The number of aromatic nitrogens is 1. The number of pyridine rings is 1. The van der Waals surface area contributed by atoms with Crippen molar-refractivity contribution in [2.24, 2.45) is 0 Å². The maximum atomic E-state index is 8.70. The Balaban J connectivity index is 2.15. The van der Waals surface area contributed by atoms with Crippen molar-refractivity contribution >= 4 is 5.82 Å². The Morgan fingerprint density at radius 3 is 2.88 bits per heavy atom. The van der Waals surface area contributed by atoms with Crippen molar-refractivity contribution in [2.45, 2.75) is 19.4 Å². The first-order valence-electron chi connectivity index (χ1n) is 5.36. The van der Waals surface area contributed by atoms with Gasteiger partial charge in [0.1, 0.15) is 11.9 Å². The molecule has 2 rings (SSSR count). The molecule has 0 atom stereocenters. The van der Waals surface area contributed by atoms with Crippen LogP contribution in [0.5, 0.6) is 0 Å². The van der Waals surface area contributed by atoms with Crippen molar-refractivity contribution in [3.63, 3.8) is 0 Å². The van der Waals surface area contributed by atoms with Crippen molar-refractivity contribution in [3.05, 3.63) is 23.9 Å². The van der Waals surface area contributed by atoms with Crippen molar-refractivity contribution in [3.8, 4) is 6.07 Å². The number of rotatable bonds is 1. The SMILES string of the molecule is CC1(C)CN(c2ccc(C#N)cn2)CCO1. The van der Waals surface area contributed by atoms with Crippen molar-refractivity contribution in [2.75, 3.05) is 24.6 Å². The van der Waals surface area contributed by atoms with Gasteiger partial charge in [-0.25, -0.2) is 4.98 Å². The Kier molecular flexibility index (Phi) is 2.80. The molecule has 84 valence electrons. The monoisotopic (exact) mass is 217 g/mol. The Hall–Kier alpha value is -1.60. The molecule has 1 aromatic rings. The summed E-state index contributed by atoms with van der Waals surface area (Å²) < 4.78 is 5.64. The first kappa shape index (κ1) is 10.9. The van der Waals surface area contributed by atoms with Gasteiger partial charge in [-0.15, -0.1) is 0 Å². The predicted molar refractivity (Wildman–Crippen MR) is 61.2 cm³/mol. The minimum Gasteiger partial charge on any atom is -0.372 e. The van der Waals surface area contributed by atoms with E-state index in [9.17, 15) is 0 Å². The summed E-state index contributed by atoms with van der Waals surface area (Å²) in [5.41, 5.74) is 0.463. The standard InChI is InChI=1S/C12H15N3O/c1-12(2)9-15(5-6-16-12)11-4-3-10(7-13)8-14-11/h3-4,8H,5-6,9H2,1-2H3. The zero-order chi connectivity index (χ0) is 11.6. The molecule has 4 nitrogen and oxygen atoms in total. The number of nitrogens with zero attached hydrogens (tertiary/aromatic N) is 3. The van der Waals surface area contributed by atoms with Crippen LogP contribution in [0.3, 0.4) is 0 Å². The summed E-state index contributed by atoms with van der Waals surface area (Å²) in [6, 6.07) is 5.75. The maximum Gasteiger partial charge on any atom is 0.128 e. The van der Waals surface area contributed by atoms with Gasteiger partial charge in [-0.05, 0) is 26.0 Å². The van der Waals surface area contributed by atoms with Crippen LogP contribution in [-0.4, -0.2) is 30.3 Å². The van der Waals surface area contributed by atoms with Crippen LogP contribution in [0.2, 0.25) is 0 Å². The molecule has 1 aliphatic rings. The Morgan fingerprint density at radius 1 is 1.50 bits per heavy atom. The number of anilines is 1. The molecule has 16 heavy (non-hydrogen) atoms. The third kappa shape index (κ3) is 2.31. The fraction of sp³-hybridized carbons (Fsp3) is 0.500. The molecule has 0 bridgehead atoms. The summed E-state index contributed by atoms with van der Waals surface area (Å²) >= 11 is 0. The third-order valence-corrected chi connectivity index (χ3v) is 2.63. The lowest BCUT2D eigenvalue weighted by Gasteiger charge is -2.38. The van der Waals surface area contributed by atoms with Gasteiger partial charge in [-0.2, -0.15) is 5.26 Å². The van der Waals surface area contributed by atoms with Gasteiger partial charge in [0, 0.05) is 19.3 Å². The molecule has 1 aromatic heterocycles. The smallest absolute Gasteiger partial charge is 0.128 e. The normalized spacial score (nSPS) is 19.2. The summed E-state index contributed by atoms with van der Waals surface area (Å²) in [4.78, 5) is 6.47. The Bertz CT molecular complexity index is 405. The highest BCUT2D eigenvalue weighted by Crippen LogP contribution is 2.21. The highest BCUT2D eigenvalue weighted by molar-refractivity contribution is 5.42. The molecular weight excluding hydrogens is 202 g/mol. The Morgan fingerprint density at radius 2 is 2.31 bits per heavy atom.